The molecule has 0 aliphatic heterocycles. The second kappa shape index (κ2) is 9.73. The lowest BCUT2D eigenvalue weighted by Gasteiger charge is -2.11. The van der Waals surface area contributed by atoms with E-state index in [1.54, 1.807) is 27.5 Å². The van der Waals surface area contributed by atoms with Crippen LogP contribution < -0.4 is 15.6 Å². The van der Waals surface area contributed by atoms with Crippen LogP contribution in [-0.4, -0.2) is 26.7 Å². The van der Waals surface area contributed by atoms with Crippen LogP contribution in [0.5, 0.6) is 5.75 Å². The van der Waals surface area contributed by atoms with Crippen LogP contribution in [0, 0.1) is 13.8 Å². The van der Waals surface area contributed by atoms with Crippen LogP contribution >= 0.6 is 0 Å². The average Bonchev–Trinajstić information content (AvgIpc) is 3.25. The van der Waals surface area contributed by atoms with E-state index in [9.17, 15) is 9.59 Å². The number of benzene rings is 2. The fourth-order valence-electron chi connectivity index (χ4n) is 3.69. The van der Waals surface area contributed by atoms with Crippen molar-refractivity contribution in [2.75, 3.05) is 6.61 Å². The monoisotopic (exact) mass is 444 g/mol. The highest BCUT2D eigenvalue weighted by molar-refractivity contribution is 5.76. The largest absolute Gasteiger partial charge is 0.494 e. The number of nitrogens with one attached hydrogen (secondary N) is 1. The molecule has 0 saturated heterocycles. The van der Waals surface area contributed by atoms with Crippen molar-refractivity contribution in [2.24, 2.45) is 0 Å². The molecular formula is C26H28N4O3. The molecule has 0 bridgehead atoms. The van der Waals surface area contributed by atoms with Crippen molar-refractivity contribution in [1.82, 2.24) is 19.5 Å². The molecule has 0 saturated carbocycles. The van der Waals surface area contributed by atoms with Gasteiger partial charge in [0.2, 0.25) is 5.91 Å². The average molecular weight is 445 g/mol. The van der Waals surface area contributed by atoms with E-state index >= 15 is 0 Å². The van der Waals surface area contributed by atoms with E-state index in [1.165, 1.54) is 11.1 Å². The predicted octanol–water partition coefficient (Wildman–Crippen LogP) is 3.89. The van der Waals surface area contributed by atoms with E-state index in [0.717, 1.165) is 22.6 Å². The Morgan fingerprint density at radius 2 is 1.88 bits per heavy atom. The van der Waals surface area contributed by atoms with Gasteiger partial charge in [-0.1, -0.05) is 30.3 Å². The minimum Gasteiger partial charge on any atom is -0.494 e. The van der Waals surface area contributed by atoms with Crippen molar-refractivity contribution in [3.8, 4) is 17.0 Å². The summed E-state index contributed by atoms with van der Waals surface area (Å²) in [5.41, 5.74) is 5.34. The molecule has 1 N–H and O–H groups in total. The number of hydrogen-bond acceptors (Lipinski definition) is 4. The zero-order chi connectivity index (χ0) is 23.4. The molecular weight excluding hydrogens is 416 g/mol. The normalized spacial score (nSPS) is 11.0. The van der Waals surface area contributed by atoms with Gasteiger partial charge in [0.15, 0.2) is 0 Å². The third-order valence-corrected chi connectivity index (χ3v) is 5.73. The van der Waals surface area contributed by atoms with Crippen molar-refractivity contribution in [3.63, 3.8) is 0 Å². The lowest BCUT2D eigenvalue weighted by Crippen LogP contribution is -2.27. The second-order valence-electron chi connectivity index (χ2n) is 8.02. The van der Waals surface area contributed by atoms with Gasteiger partial charge < -0.3 is 14.6 Å². The molecule has 2 heterocycles. The van der Waals surface area contributed by atoms with Crippen LogP contribution in [0.3, 0.4) is 0 Å². The molecule has 0 unspecified atom stereocenters. The SMILES string of the molecule is CCOc1ccccc1CNC(=O)CCn1ccn2nc(-c3ccc(C)c(C)c3)cc2c1=O. The summed E-state index contributed by atoms with van der Waals surface area (Å²) in [6.45, 7) is 7.28. The van der Waals surface area contributed by atoms with Crippen LogP contribution in [-0.2, 0) is 17.9 Å². The van der Waals surface area contributed by atoms with Crippen molar-refractivity contribution in [3.05, 3.63) is 88.0 Å². The highest BCUT2D eigenvalue weighted by Crippen LogP contribution is 2.21. The Morgan fingerprint density at radius 3 is 2.67 bits per heavy atom. The molecule has 0 aliphatic rings. The topological polar surface area (TPSA) is 77.6 Å². The third-order valence-electron chi connectivity index (χ3n) is 5.73. The first-order valence-electron chi connectivity index (χ1n) is 11.1. The lowest BCUT2D eigenvalue weighted by molar-refractivity contribution is -0.121. The van der Waals surface area contributed by atoms with Gasteiger partial charge >= 0.3 is 0 Å². The van der Waals surface area contributed by atoms with Crippen LogP contribution in [0.15, 0.2) is 65.7 Å². The van der Waals surface area contributed by atoms with Crippen molar-refractivity contribution >= 4 is 11.4 Å². The van der Waals surface area contributed by atoms with E-state index < -0.39 is 0 Å². The summed E-state index contributed by atoms with van der Waals surface area (Å²) < 4.78 is 8.74. The highest BCUT2D eigenvalue weighted by Gasteiger charge is 2.11. The van der Waals surface area contributed by atoms with Gasteiger partial charge in [0.25, 0.3) is 5.56 Å². The van der Waals surface area contributed by atoms with E-state index in [2.05, 4.69) is 36.4 Å². The van der Waals surface area contributed by atoms with Gasteiger partial charge in [-0.3, -0.25) is 9.59 Å². The van der Waals surface area contributed by atoms with Gasteiger partial charge in [0, 0.05) is 43.0 Å². The highest BCUT2D eigenvalue weighted by atomic mass is 16.5. The standard InChI is InChI=1S/C26H28N4O3/c1-4-33-24-8-6-5-7-21(24)17-27-25(31)11-12-29-13-14-30-23(26(29)32)16-22(28-30)20-10-9-18(2)19(3)15-20/h5-10,13-16H,4,11-12,17H2,1-3H3,(H,27,31). The second-order valence-corrected chi connectivity index (χ2v) is 8.02. The first-order chi connectivity index (χ1) is 16.0. The van der Waals surface area contributed by atoms with Crippen molar-refractivity contribution in [1.29, 1.82) is 0 Å². The molecule has 0 atom stereocenters. The molecule has 0 fully saturated rings. The van der Waals surface area contributed by atoms with Crippen LogP contribution in [0.2, 0.25) is 0 Å². The Hall–Kier alpha value is -3.87. The number of aromatic nitrogens is 3. The molecule has 0 spiro atoms. The summed E-state index contributed by atoms with van der Waals surface area (Å²) >= 11 is 0. The molecule has 0 radical (unpaired) electrons. The van der Waals surface area contributed by atoms with E-state index in [1.807, 2.05) is 37.3 Å². The number of rotatable bonds is 8. The molecule has 0 aliphatic carbocycles. The Kier molecular flexibility index (Phi) is 6.58. The zero-order valence-corrected chi connectivity index (χ0v) is 19.2. The van der Waals surface area contributed by atoms with Crippen LogP contribution in [0.4, 0.5) is 0 Å². The lowest BCUT2D eigenvalue weighted by atomic mass is 10.0. The summed E-state index contributed by atoms with van der Waals surface area (Å²) in [6, 6.07) is 15.6. The summed E-state index contributed by atoms with van der Waals surface area (Å²) in [5.74, 6) is 0.639. The molecule has 2 aromatic heterocycles. The molecule has 1 amide bonds. The number of amides is 1. The minimum atomic E-state index is -0.172. The van der Waals surface area contributed by atoms with Crippen molar-refractivity contribution in [2.45, 2.75) is 40.3 Å². The summed E-state index contributed by atoms with van der Waals surface area (Å²) in [7, 11) is 0. The summed E-state index contributed by atoms with van der Waals surface area (Å²) in [6.07, 6.45) is 3.62. The number of fused-ring (bicyclic) bond motifs is 1. The maximum Gasteiger partial charge on any atom is 0.276 e. The number of ether oxygens (including phenoxy) is 1. The number of carbonyl (C=O) groups excluding carboxylic acids is 1. The van der Waals surface area contributed by atoms with Gasteiger partial charge in [-0.2, -0.15) is 5.10 Å². The molecule has 7 heteroatoms. The summed E-state index contributed by atoms with van der Waals surface area (Å²) in [5, 5.41) is 7.46. The third kappa shape index (κ3) is 4.98. The molecule has 4 aromatic rings. The molecule has 2 aromatic carbocycles. The van der Waals surface area contributed by atoms with Crippen molar-refractivity contribution < 1.29 is 9.53 Å². The number of para-hydroxylation sites is 1. The predicted molar refractivity (Wildman–Crippen MR) is 128 cm³/mol. The van der Waals surface area contributed by atoms with Gasteiger partial charge in [-0.05, 0) is 50.1 Å². The fraction of sp³-hybridized carbons (Fsp3) is 0.269. The van der Waals surface area contributed by atoms with E-state index in [4.69, 9.17) is 4.74 Å². The maximum atomic E-state index is 13.0. The first-order valence-corrected chi connectivity index (χ1v) is 11.1. The Labute approximate surface area is 192 Å². The Balaban J connectivity index is 1.43. The Bertz CT molecular complexity index is 1350. The molecule has 170 valence electrons. The maximum absolute atomic E-state index is 13.0. The molecule has 7 nitrogen and oxygen atoms in total. The van der Waals surface area contributed by atoms with Gasteiger partial charge in [0.1, 0.15) is 11.3 Å². The summed E-state index contributed by atoms with van der Waals surface area (Å²) in [4.78, 5) is 25.4. The first kappa shape index (κ1) is 22.3. The fourth-order valence-corrected chi connectivity index (χ4v) is 3.69. The Morgan fingerprint density at radius 1 is 1.06 bits per heavy atom. The number of aryl methyl sites for hydroxylation is 3. The number of carbonyl (C=O) groups is 1. The van der Waals surface area contributed by atoms with Crippen LogP contribution in [0.1, 0.15) is 30.0 Å². The number of hydrogen-bond donors (Lipinski definition) is 1. The van der Waals surface area contributed by atoms with Gasteiger partial charge in [-0.15, -0.1) is 0 Å². The van der Waals surface area contributed by atoms with Crippen LogP contribution in [0.25, 0.3) is 16.8 Å². The molecule has 33 heavy (non-hydrogen) atoms. The molecule has 4 rings (SSSR count). The number of nitrogens with zero attached hydrogens (tertiary/aromatic N) is 3. The van der Waals surface area contributed by atoms with E-state index in [0.29, 0.717) is 25.2 Å². The quantitative estimate of drug-likeness (QED) is 0.447. The smallest absolute Gasteiger partial charge is 0.276 e. The minimum absolute atomic E-state index is 0.127. The van der Waals surface area contributed by atoms with Gasteiger partial charge in [-0.25, -0.2) is 4.52 Å². The van der Waals surface area contributed by atoms with Gasteiger partial charge in [0.05, 0.1) is 12.3 Å². The zero-order valence-electron chi connectivity index (χ0n) is 19.2. The van der Waals surface area contributed by atoms with E-state index in [-0.39, 0.29) is 17.9 Å².